The number of hydrogen-bond acceptors (Lipinski definition) is 0. The van der Waals surface area contributed by atoms with Gasteiger partial charge in [0.2, 0.25) is 0 Å². The van der Waals surface area contributed by atoms with Gasteiger partial charge in [0.1, 0.15) is 0 Å². The summed E-state index contributed by atoms with van der Waals surface area (Å²) in [4.78, 5) is 0. The van der Waals surface area contributed by atoms with Gasteiger partial charge in [-0.15, -0.1) is 17.1 Å². The highest BCUT2D eigenvalue weighted by molar-refractivity contribution is 6.53. The van der Waals surface area contributed by atoms with E-state index in [-0.39, 0.29) is 0 Å². The molecule has 0 N–H and O–H groups in total. The topological polar surface area (TPSA) is 0 Å². The third-order valence-electron chi connectivity index (χ3n) is 1.60. The summed E-state index contributed by atoms with van der Waals surface area (Å²) in [5, 5.41) is 1.16. The van der Waals surface area contributed by atoms with Crippen LogP contribution < -0.4 is 4.43 Å². The fraction of sp³-hybridized carbons (Fsp3) is 0.200. The van der Waals surface area contributed by atoms with Crippen molar-refractivity contribution in [2.45, 2.75) is 12.2 Å². The van der Waals surface area contributed by atoms with Crippen LogP contribution in [0.4, 0.5) is 0 Å². The Balaban J connectivity index is 2.58. The quantitative estimate of drug-likeness (QED) is 0.467. The highest BCUT2D eigenvalue weighted by Gasteiger charge is 1.92. The first-order valence-corrected chi connectivity index (χ1v) is 5.23. The van der Waals surface area contributed by atoms with Gasteiger partial charge in [0, 0.05) is 0 Å². The third-order valence-corrected chi connectivity index (χ3v) is 3.02. The monoisotopic (exact) mass is 159 g/mol. The molecule has 1 heteroatoms. The van der Waals surface area contributed by atoms with E-state index in [0.717, 1.165) is 5.28 Å². The second kappa shape index (κ2) is 4.39. The van der Waals surface area contributed by atoms with Crippen LogP contribution in [0.1, 0.15) is 5.56 Å². The van der Waals surface area contributed by atoms with E-state index in [4.69, 9.17) is 0 Å². The van der Waals surface area contributed by atoms with Crippen LogP contribution in [0.15, 0.2) is 36.9 Å². The summed E-state index contributed by atoms with van der Waals surface area (Å²) in [6, 6.07) is 8.78. The molecule has 11 heavy (non-hydrogen) atoms. The lowest BCUT2D eigenvalue weighted by Gasteiger charge is -1.96. The largest absolute Gasteiger partial charge is 0.255 e. The average Bonchev–Trinajstić information content (AvgIpc) is 2.04. The molecule has 0 saturated carbocycles. The highest BCUT2D eigenvalue weighted by atomic mass is 27.1. The SMILES string of the molecule is C=C[CH2][Al][c]1ccc(C)cc1. The molecule has 55 valence electrons. The van der Waals surface area contributed by atoms with Gasteiger partial charge in [-0.2, -0.15) is 0 Å². The first kappa shape index (κ1) is 8.59. The first-order chi connectivity index (χ1) is 5.33. The van der Waals surface area contributed by atoms with E-state index in [2.05, 4.69) is 37.8 Å². The third kappa shape index (κ3) is 2.93. The Kier molecular flexibility index (Phi) is 3.42. The molecule has 1 radical (unpaired) electrons. The minimum absolute atomic E-state index is 0.419. The maximum Gasteiger partial charge on any atom is 0.255 e. The van der Waals surface area contributed by atoms with E-state index in [1.165, 1.54) is 9.99 Å². The molecule has 0 unspecified atom stereocenters. The fourth-order valence-electron chi connectivity index (χ4n) is 0.922. The van der Waals surface area contributed by atoms with Crippen molar-refractivity contribution in [1.29, 1.82) is 0 Å². The second-order valence-electron chi connectivity index (χ2n) is 2.64. The van der Waals surface area contributed by atoms with Crippen LogP contribution in [-0.2, 0) is 0 Å². The molecule has 0 aromatic heterocycles. The Morgan fingerprint density at radius 2 is 2.00 bits per heavy atom. The lowest BCUT2D eigenvalue weighted by molar-refractivity contribution is 1.49. The molecule has 0 bridgehead atoms. The molecule has 0 aliphatic heterocycles. The minimum atomic E-state index is 0.419. The normalized spacial score (nSPS) is 9.18. The van der Waals surface area contributed by atoms with Crippen molar-refractivity contribution in [2.75, 3.05) is 0 Å². The predicted molar refractivity (Wildman–Crippen MR) is 51.6 cm³/mol. The van der Waals surface area contributed by atoms with Crippen LogP contribution >= 0.6 is 0 Å². The average molecular weight is 159 g/mol. The number of rotatable bonds is 3. The van der Waals surface area contributed by atoms with Crippen molar-refractivity contribution in [2.24, 2.45) is 0 Å². The highest BCUT2D eigenvalue weighted by Crippen LogP contribution is 1.92. The Hall–Kier alpha value is -0.508. The van der Waals surface area contributed by atoms with E-state index in [1.54, 1.807) is 0 Å². The van der Waals surface area contributed by atoms with Gasteiger partial charge in [-0.25, -0.2) is 0 Å². The van der Waals surface area contributed by atoms with Gasteiger partial charge < -0.3 is 0 Å². The number of benzene rings is 1. The summed E-state index contributed by atoms with van der Waals surface area (Å²) in [5.41, 5.74) is 1.34. The molecule has 1 aromatic rings. The molecule has 0 saturated heterocycles. The summed E-state index contributed by atoms with van der Waals surface area (Å²) in [6.45, 7) is 5.83. The smallest absolute Gasteiger partial charge is 0.124 e. The van der Waals surface area contributed by atoms with Crippen molar-refractivity contribution in [3.8, 4) is 0 Å². The van der Waals surface area contributed by atoms with Crippen LogP contribution in [0.5, 0.6) is 0 Å². The molecule has 1 rings (SSSR count). The molecule has 0 atom stereocenters. The molecule has 1 aromatic carbocycles. The van der Waals surface area contributed by atoms with Crippen LogP contribution in [0.2, 0.25) is 5.28 Å². The van der Waals surface area contributed by atoms with Gasteiger partial charge >= 0.3 is 0 Å². The van der Waals surface area contributed by atoms with E-state index in [0.29, 0.717) is 15.2 Å². The number of allylic oxidation sites excluding steroid dienone is 1. The number of hydrogen-bond donors (Lipinski definition) is 0. The maximum absolute atomic E-state index is 3.71. The van der Waals surface area contributed by atoms with Crippen LogP contribution in [0.3, 0.4) is 0 Å². The van der Waals surface area contributed by atoms with E-state index in [9.17, 15) is 0 Å². The van der Waals surface area contributed by atoms with Crippen LogP contribution in [-0.4, -0.2) is 15.2 Å². The summed E-state index contributed by atoms with van der Waals surface area (Å²) in [5.74, 6) is 0. The van der Waals surface area contributed by atoms with Gasteiger partial charge in [-0.1, -0.05) is 35.1 Å². The van der Waals surface area contributed by atoms with Gasteiger partial charge in [0.05, 0.1) is 0 Å². The molecular weight excluding hydrogens is 147 g/mol. The molecule has 0 amide bonds. The maximum atomic E-state index is 3.71. The Bertz CT molecular complexity index is 223. The van der Waals surface area contributed by atoms with Gasteiger partial charge in [0.25, 0.3) is 15.2 Å². The molecule has 0 aliphatic rings. The Morgan fingerprint density at radius 1 is 1.36 bits per heavy atom. The van der Waals surface area contributed by atoms with Crippen LogP contribution in [0.25, 0.3) is 0 Å². The zero-order chi connectivity index (χ0) is 8.10. The summed E-state index contributed by atoms with van der Waals surface area (Å²) in [6.07, 6.45) is 2.00. The lowest BCUT2D eigenvalue weighted by Crippen LogP contribution is -2.11. The second-order valence-corrected chi connectivity index (χ2v) is 4.19. The summed E-state index contributed by atoms with van der Waals surface area (Å²) in [7, 11) is 0. The summed E-state index contributed by atoms with van der Waals surface area (Å²) < 4.78 is 1.48. The van der Waals surface area contributed by atoms with Gasteiger partial charge in [0.15, 0.2) is 0 Å². The standard InChI is InChI=1S/C7H7.C3H5.Al/c1-7-5-3-2-4-6-7;1-3-2;/h3-6H,1H3;3H,1-2H2;. The molecule has 0 nitrogen and oxygen atoms in total. The van der Waals surface area contributed by atoms with E-state index >= 15 is 0 Å². The van der Waals surface area contributed by atoms with Crippen molar-refractivity contribution in [3.63, 3.8) is 0 Å². The van der Waals surface area contributed by atoms with Gasteiger partial charge in [-0.05, 0) is 6.92 Å². The number of aryl methyl sites for hydroxylation is 1. The lowest BCUT2D eigenvalue weighted by atomic mass is 10.2. The fourth-order valence-corrected chi connectivity index (χ4v) is 1.83. The molecule has 0 fully saturated rings. The zero-order valence-corrected chi connectivity index (χ0v) is 8.03. The van der Waals surface area contributed by atoms with Crippen molar-refractivity contribution in [1.82, 2.24) is 0 Å². The molecule has 0 heterocycles. The molecule has 0 spiro atoms. The predicted octanol–water partition coefficient (Wildman–Crippen LogP) is 1.93. The van der Waals surface area contributed by atoms with Crippen molar-refractivity contribution < 1.29 is 0 Å². The van der Waals surface area contributed by atoms with Crippen molar-refractivity contribution in [3.05, 3.63) is 42.5 Å². The van der Waals surface area contributed by atoms with Crippen LogP contribution in [0, 0.1) is 6.92 Å². The Labute approximate surface area is 74.7 Å². The zero-order valence-electron chi connectivity index (χ0n) is 6.88. The summed E-state index contributed by atoms with van der Waals surface area (Å²) >= 11 is 0.419. The molecule has 0 aliphatic carbocycles. The Morgan fingerprint density at radius 3 is 2.55 bits per heavy atom. The first-order valence-electron chi connectivity index (χ1n) is 3.83. The van der Waals surface area contributed by atoms with E-state index < -0.39 is 0 Å². The minimum Gasteiger partial charge on any atom is -0.124 e. The van der Waals surface area contributed by atoms with Gasteiger partial charge in [-0.3, -0.25) is 0 Å². The molecular formula is C10H12Al. The van der Waals surface area contributed by atoms with Crippen molar-refractivity contribution >= 4 is 19.6 Å². The van der Waals surface area contributed by atoms with E-state index in [1.807, 2.05) is 6.08 Å².